The van der Waals surface area contributed by atoms with Gasteiger partial charge in [-0.3, -0.25) is 9.59 Å². The number of hydrogen-bond donors (Lipinski definition) is 0. The smallest absolute Gasteiger partial charge is 0.155 e. The molecule has 2 aliphatic heterocycles. The van der Waals surface area contributed by atoms with Crippen LogP contribution in [0.25, 0.3) is 10.6 Å². The van der Waals surface area contributed by atoms with Gasteiger partial charge < -0.3 is 4.74 Å². The Morgan fingerprint density at radius 1 is 1.12 bits per heavy atom. The monoisotopic (exact) mass is 431 g/mol. The Bertz CT molecular complexity index is 925. The molecule has 1 unspecified atom stereocenters. The van der Waals surface area contributed by atoms with Gasteiger partial charge in [-0.05, 0) is 44.4 Å². The molecule has 2 bridgehead atoms. The molecular weight excluding hydrogens is 414 g/mol. The second kappa shape index (κ2) is 5.81. The fourth-order valence-corrected chi connectivity index (χ4v) is 6.37. The number of aromatic nitrogens is 1. The molecule has 0 amide bonds. The van der Waals surface area contributed by atoms with Crippen LogP contribution in [0.1, 0.15) is 34.9 Å². The SMILES string of the molecule is Cc1cc(Br)ccc1-c1nc(C2C(=O)[C@@H]3[C@H](C2=O)[C@H]2CC[C@@H]3O2)c(C)s1. The van der Waals surface area contributed by atoms with Gasteiger partial charge in [0.05, 0.1) is 29.7 Å². The van der Waals surface area contributed by atoms with E-state index in [0.717, 1.165) is 38.3 Å². The van der Waals surface area contributed by atoms with Crippen LogP contribution in [-0.4, -0.2) is 28.8 Å². The van der Waals surface area contributed by atoms with Gasteiger partial charge in [-0.15, -0.1) is 11.3 Å². The molecule has 6 heteroatoms. The van der Waals surface area contributed by atoms with Crippen molar-refractivity contribution in [2.24, 2.45) is 11.8 Å². The molecule has 3 fully saturated rings. The standard InChI is InChI=1S/C20H18BrNO3S/c1-8-7-10(21)3-4-11(8)20-22-17(9(2)26-20)16-18(23)14-12-5-6-13(25-12)15(14)19(16)24/h3-4,7,12-16H,5-6H2,1-2H3/t12-,13+,14-,15+,16?. The van der Waals surface area contributed by atoms with Crippen molar-refractivity contribution in [1.82, 2.24) is 4.98 Å². The summed E-state index contributed by atoms with van der Waals surface area (Å²) in [7, 11) is 0. The highest BCUT2D eigenvalue weighted by atomic mass is 79.9. The van der Waals surface area contributed by atoms with E-state index in [-0.39, 0.29) is 35.6 Å². The largest absolute Gasteiger partial charge is 0.373 e. The quantitative estimate of drug-likeness (QED) is 0.667. The highest BCUT2D eigenvalue weighted by Gasteiger charge is 2.63. The van der Waals surface area contributed by atoms with E-state index in [0.29, 0.717) is 5.69 Å². The van der Waals surface area contributed by atoms with Crippen molar-refractivity contribution in [3.05, 3.63) is 38.8 Å². The van der Waals surface area contributed by atoms with E-state index in [4.69, 9.17) is 9.72 Å². The number of carbonyl (C=O) groups excluding carboxylic acids is 2. The number of halogens is 1. The van der Waals surface area contributed by atoms with Crippen LogP contribution in [-0.2, 0) is 14.3 Å². The Balaban J connectivity index is 1.54. The number of carbonyl (C=O) groups is 2. The normalized spacial score (nSPS) is 32.5. The molecule has 2 aromatic rings. The van der Waals surface area contributed by atoms with Crippen LogP contribution in [0.2, 0.25) is 0 Å². The van der Waals surface area contributed by atoms with Gasteiger partial charge in [0.25, 0.3) is 0 Å². The number of nitrogens with zero attached hydrogens (tertiary/aromatic N) is 1. The van der Waals surface area contributed by atoms with E-state index >= 15 is 0 Å². The van der Waals surface area contributed by atoms with Crippen LogP contribution in [0.15, 0.2) is 22.7 Å². The number of benzene rings is 1. The maximum Gasteiger partial charge on any atom is 0.155 e. The third kappa shape index (κ3) is 2.25. The number of thiazole rings is 1. The Morgan fingerprint density at radius 2 is 1.77 bits per heavy atom. The van der Waals surface area contributed by atoms with Crippen molar-refractivity contribution in [2.45, 2.75) is 44.8 Å². The fourth-order valence-electron chi connectivity index (χ4n) is 4.85. The van der Waals surface area contributed by atoms with Crippen LogP contribution >= 0.6 is 27.3 Å². The lowest BCUT2D eigenvalue weighted by molar-refractivity contribution is -0.127. The zero-order valence-electron chi connectivity index (χ0n) is 14.5. The second-order valence-electron chi connectivity index (χ2n) is 7.50. The predicted octanol–water partition coefficient (Wildman–Crippen LogP) is 4.22. The lowest BCUT2D eigenvalue weighted by atomic mass is 9.81. The van der Waals surface area contributed by atoms with E-state index in [1.807, 2.05) is 26.0 Å². The fraction of sp³-hybridized carbons (Fsp3) is 0.450. The van der Waals surface area contributed by atoms with Crippen molar-refractivity contribution in [2.75, 3.05) is 0 Å². The molecule has 1 saturated carbocycles. The minimum absolute atomic E-state index is 0.0275. The van der Waals surface area contributed by atoms with Gasteiger partial charge in [-0.2, -0.15) is 0 Å². The lowest BCUT2D eigenvalue weighted by Crippen LogP contribution is -2.29. The van der Waals surface area contributed by atoms with E-state index < -0.39 is 5.92 Å². The van der Waals surface area contributed by atoms with E-state index in [2.05, 4.69) is 22.0 Å². The van der Waals surface area contributed by atoms with Crippen LogP contribution in [0.5, 0.6) is 0 Å². The second-order valence-corrected chi connectivity index (χ2v) is 9.62. The number of hydrogen-bond acceptors (Lipinski definition) is 5. The summed E-state index contributed by atoms with van der Waals surface area (Å²) in [5, 5.41) is 0.874. The first-order valence-electron chi connectivity index (χ1n) is 8.92. The molecule has 4 nitrogen and oxygen atoms in total. The Morgan fingerprint density at radius 3 is 2.38 bits per heavy atom. The summed E-state index contributed by atoms with van der Waals surface area (Å²) in [6.07, 6.45) is 1.69. The van der Waals surface area contributed by atoms with Crippen LogP contribution in [0, 0.1) is 25.7 Å². The number of Topliss-reactive ketones (excluding diaryl/α,β-unsaturated/α-hetero) is 2. The molecule has 0 spiro atoms. The zero-order valence-corrected chi connectivity index (χ0v) is 16.9. The lowest BCUT2D eigenvalue weighted by Gasteiger charge is -2.16. The number of fused-ring (bicyclic) bond motifs is 5. The van der Waals surface area contributed by atoms with E-state index in [9.17, 15) is 9.59 Å². The molecule has 3 aliphatic rings. The molecule has 134 valence electrons. The number of ketones is 2. The van der Waals surface area contributed by atoms with Gasteiger partial charge in [-0.1, -0.05) is 22.0 Å². The first kappa shape index (κ1) is 16.8. The number of aryl methyl sites for hydroxylation is 2. The summed E-state index contributed by atoms with van der Waals surface area (Å²) in [5.74, 6) is -1.13. The van der Waals surface area contributed by atoms with Crippen molar-refractivity contribution in [3.63, 3.8) is 0 Å². The van der Waals surface area contributed by atoms with Crippen molar-refractivity contribution in [1.29, 1.82) is 0 Å². The molecular formula is C20H18BrNO3S. The summed E-state index contributed by atoms with van der Waals surface area (Å²) in [6, 6.07) is 6.07. The van der Waals surface area contributed by atoms with Gasteiger partial charge in [0.2, 0.25) is 0 Å². The van der Waals surface area contributed by atoms with Crippen LogP contribution in [0.4, 0.5) is 0 Å². The Labute approximate surface area is 164 Å². The zero-order chi connectivity index (χ0) is 18.2. The molecule has 1 aromatic carbocycles. The minimum atomic E-state index is -0.697. The molecule has 1 aromatic heterocycles. The molecule has 0 N–H and O–H groups in total. The molecule has 2 saturated heterocycles. The molecule has 5 atom stereocenters. The molecule has 5 rings (SSSR count). The summed E-state index contributed by atoms with van der Waals surface area (Å²) < 4.78 is 6.86. The van der Waals surface area contributed by atoms with Gasteiger partial charge in [0.15, 0.2) is 11.6 Å². The average molecular weight is 432 g/mol. The summed E-state index contributed by atoms with van der Waals surface area (Å²) in [5.41, 5.74) is 2.83. The predicted molar refractivity (Wildman–Crippen MR) is 102 cm³/mol. The third-order valence-electron chi connectivity index (χ3n) is 6.02. The number of rotatable bonds is 2. The van der Waals surface area contributed by atoms with Gasteiger partial charge in [0.1, 0.15) is 10.9 Å². The Hall–Kier alpha value is -1.37. The van der Waals surface area contributed by atoms with Crippen molar-refractivity contribution in [3.8, 4) is 10.6 Å². The molecule has 26 heavy (non-hydrogen) atoms. The highest BCUT2D eigenvalue weighted by molar-refractivity contribution is 9.10. The van der Waals surface area contributed by atoms with Gasteiger partial charge in [-0.25, -0.2) is 4.98 Å². The number of ether oxygens (including phenoxy) is 1. The van der Waals surface area contributed by atoms with Crippen molar-refractivity contribution >= 4 is 38.8 Å². The Kier molecular flexibility index (Phi) is 3.75. The highest BCUT2D eigenvalue weighted by Crippen LogP contribution is 2.52. The first-order valence-corrected chi connectivity index (χ1v) is 10.5. The maximum absolute atomic E-state index is 13.1. The first-order chi connectivity index (χ1) is 12.5. The van der Waals surface area contributed by atoms with Crippen LogP contribution in [0.3, 0.4) is 0 Å². The topological polar surface area (TPSA) is 56.3 Å². The van der Waals surface area contributed by atoms with Gasteiger partial charge >= 0.3 is 0 Å². The summed E-state index contributed by atoms with van der Waals surface area (Å²) in [6.45, 7) is 4.01. The molecule has 1 aliphatic carbocycles. The summed E-state index contributed by atoms with van der Waals surface area (Å²) >= 11 is 5.05. The minimum Gasteiger partial charge on any atom is -0.373 e. The summed E-state index contributed by atoms with van der Waals surface area (Å²) in [4.78, 5) is 31.8. The van der Waals surface area contributed by atoms with E-state index in [1.54, 1.807) is 11.3 Å². The molecule has 3 heterocycles. The van der Waals surface area contributed by atoms with E-state index in [1.165, 1.54) is 0 Å². The molecule has 0 radical (unpaired) electrons. The third-order valence-corrected chi connectivity index (χ3v) is 7.54. The van der Waals surface area contributed by atoms with Gasteiger partial charge in [0, 0.05) is 14.9 Å². The average Bonchev–Trinajstić information content (AvgIpc) is 3.33. The van der Waals surface area contributed by atoms with Crippen molar-refractivity contribution < 1.29 is 14.3 Å². The maximum atomic E-state index is 13.1. The van der Waals surface area contributed by atoms with Crippen LogP contribution < -0.4 is 0 Å².